The second-order valence-electron chi connectivity index (χ2n) is 6.75. The molecule has 1 saturated carbocycles. The first kappa shape index (κ1) is 18.8. The normalized spacial score (nSPS) is 27.3. The van der Waals surface area contributed by atoms with Gasteiger partial charge in [0.25, 0.3) is 0 Å². The Hall–Kier alpha value is -0.200. The Morgan fingerprint density at radius 2 is 2.14 bits per heavy atom. The number of rotatable bonds is 10. The Bertz CT molecular complexity index is 273. The monoisotopic (exact) mass is 303 g/mol. The van der Waals surface area contributed by atoms with Gasteiger partial charge in [-0.3, -0.25) is 0 Å². The molecule has 1 aliphatic carbocycles. The predicted octanol–water partition coefficient (Wildman–Crippen LogP) is 1.32. The summed E-state index contributed by atoms with van der Waals surface area (Å²) in [6, 6.07) is 0. The van der Waals surface area contributed by atoms with E-state index in [1.54, 1.807) is 14.0 Å². The van der Waals surface area contributed by atoms with Crippen LogP contribution in [0.15, 0.2) is 0 Å². The van der Waals surface area contributed by atoms with Crippen LogP contribution in [0.4, 0.5) is 0 Å². The average molecular weight is 303 g/mol. The van der Waals surface area contributed by atoms with Crippen molar-refractivity contribution < 1.29 is 19.7 Å². The number of methoxy groups -OCH3 is 1. The molecular weight excluding hydrogens is 270 g/mol. The number of ether oxygens (including phenoxy) is 2. The lowest BCUT2D eigenvalue weighted by Crippen LogP contribution is -2.42. The van der Waals surface area contributed by atoms with Gasteiger partial charge in [-0.1, -0.05) is 19.8 Å². The highest BCUT2D eigenvalue weighted by molar-refractivity contribution is 4.76. The molecule has 1 aliphatic rings. The van der Waals surface area contributed by atoms with Crippen molar-refractivity contribution in [2.45, 2.75) is 63.8 Å². The van der Waals surface area contributed by atoms with Gasteiger partial charge in [-0.2, -0.15) is 0 Å². The van der Waals surface area contributed by atoms with Gasteiger partial charge in [-0.15, -0.1) is 0 Å². The molecule has 21 heavy (non-hydrogen) atoms. The van der Waals surface area contributed by atoms with E-state index in [9.17, 15) is 10.2 Å². The van der Waals surface area contributed by atoms with E-state index >= 15 is 0 Å². The van der Waals surface area contributed by atoms with Crippen molar-refractivity contribution in [3.8, 4) is 0 Å². The van der Waals surface area contributed by atoms with E-state index in [1.807, 2.05) is 0 Å². The fourth-order valence-corrected chi connectivity index (χ4v) is 2.75. The predicted molar refractivity (Wildman–Crippen MR) is 83.4 cm³/mol. The standard InChI is InChI=1S/C16H33NO4/c1-13-5-4-6-15(9-13)21-11-14(18)10-17-12-16(2,19)7-8-20-3/h13-15,17-19H,4-12H2,1-3H3. The van der Waals surface area contributed by atoms with Crippen LogP contribution in [0.2, 0.25) is 0 Å². The van der Waals surface area contributed by atoms with E-state index in [2.05, 4.69) is 12.2 Å². The van der Waals surface area contributed by atoms with Crippen molar-refractivity contribution in [1.82, 2.24) is 5.32 Å². The van der Waals surface area contributed by atoms with Crippen molar-refractivity contribution in [3.63, 3.8) is 0 Å². The largest absolute Gasteiger partial charge is 0.389 e. The molecule has 0 bridgehead atoms. The Labute approximate surface area is 129 Å². The molecule has 0 aromatic carbocycles. The van der Waals surface area contributed by atoms with Gasteiger partial charge < -0.3 is 25.0 Å². The number of hydrogen-bond acceptors (Lipinski definition) is 5. The molecule has 0 aliphatic heterocycles. The smallest absolute Gasteiger partial charge is 0.0897 e. The van der Waals surface area contributed by atoms with Crippen LogP contribution in [0.5, 0.6) is 0 Å². The lowest BCUT2D eigenvalue weighted by atomic mass is 9.89. The molecule has 5 heteroatoms. The number of hydrogen-bond donors (Lipinski definition) is 3. The number of aliphatic hydroxyl groups is 2. The van der Waals surface area contributed by atoms with Gasteiger partial charge >= 0.3 is 0 Å². The molecule has 0 aromatic rings. The fraction of sp³-hybridized carbons (Fsp3) is 1.00. The van der Waals surface area contributed by atoms with Gasteiger partial charge in [0, 0.05) is 33.2 Å². The number of aliphatic hydroxyl groups excluding tert-OH is 1. The minimum Gasteiger partial charge on any atom is -0.389 e. The minimum absolute atomic E-state index is 0.299. The van der Waals surface area contributed by atoms with Crippen LogP contribution in [0, 0.1) is 5.92 Å². The minimum atomic E-state index is -0.810. The molecule has 0 aromatic heterocycles. The van der Waals surface area contributed by atoms with E-state index in [-0.39, 0.29) is 0 Å². The molecule has 1 fully saturated rings. The lowest BCUT2D eigenvalue weighted by molar-refractivity contribution is -0.0330. The Balaban J connectivity index is 2.09. The van der Waals surface area contributed by atoms with E-state index in [0.29, 0.717) is 38.8 Å². The zero-order chi connectivity index (χ0) is 15.7. The van der Waals surface area contributed by atoms with Crippen molar-refractivity contribution in [3.05, 3.63) is 0 Å². The quantitative estimate of drug-likeness (QED) is 0.568. The van der Waals surface area contributed by atoms with Crippen LogP contribution >= 0.6 is 0 Å². The summed E-state index contributed by atoms with van der Waals surface area (Å²) in [5, 5.41) is 23.1. The molecule has 0 radical (unpaired) electrons. The summed E-state index contributed by atoms with van der Waals surface area (Å²) in [5.74, 6) is 0.731. The zero-order valence-electron chi connectivity index (χ0n) is 13.8. The molecular formula is C16H33NO4. The Kier molecular flexibility index (Phi) is 8.74. The van der Waals surface area contributed by atoms with Gasteiger partial charge in [-0.05, 0) is 25.7 Å². The van der Waals surface area contributed by atoms with Gasteiger partial charge in [0.1, 0.15) is 0 Å². The van der Waals surface area contributed by atoms with Crippen LogP contribution in [-0.4, -0.2) is 61.4 Å². The topological polar surface area (TPSA) is 71.0 Å². The van der Waals surface area contributed by atoms with Crippen molar-refractivity contribution >= 4 is 0 Å². The third-order valence-electron chi connectivity index (χ3n) is 4.14. The first-order valence-electron chi connectivity index (χ1n) is 8.14. The summed E-state index contributed by atoms with van der Waals surface area (Å²) in [7, 11) is 1.62. The zero-order valence-corrected chi connectivity index (χ0v) is 13.8. The summed E-state index contributed by atoms with van der Waals surface area (Å²) in [4.78, 5) is 0. The highest BCUT2D eigenvalue weighted by Gasteiger charge is 2.22. The maximum Gasteiger partial charge on any atom is 0.0897 e. The number of nitrogens with one attached hydrogen (secondary N) is 1. The summed E-state index contributed by atoms with van der Waals surface area (Å²) in [6.45, 7) is 5.80. The summed E-state index contributed by atoms with van der Waals surface area (Å²) < 4.78 is 10.8. The highest BCUT2D eigenvalue weighted by Crippen LogP contribution is 2.25. The maximum atomic E-state index is 10.1. The summed E-state index contributed by atoms with van der Waals surface area (Å²) in [6.07, 6.45) is 5.07. The van der Waals surface area contributed by atoms with E-state index < -0.39 is 11.7 Å². The fourth-order valence-electron chi connectivity index (χ4n) is 2.75. The summed E-state index contributed by atoms with van der Waals surface area (Å²) >= 11 is 0. The van der Waals surface area contributed by atoms with Crippen LogP contribution in [0.25, 0.3) is 0 Å². The van der Waals surface area contributed by atoms with Crippen LogP contribution < -0.4 is 5.32 Å². The molecule has 4 unspecified atom stereocenters. The molecule has 1 rings (SSSR count). The molecule has 126 valence electrons. The Morgan fingerprint density at radius 3 is 2.81 bits per heavy atom. The van der Waals surface area contributed by atoms with Crippen molar-refractivity contribution in [2.75, 3.05) is 33.4 Å². The van der Waals surface area contributed by atoms with Gasteiger partial charge in [-0.25, -0.2) is 0 Å². The van der Waals surface area contributed by atoms with Gasteiger partial charge in [0.05, 0.1) is 24.4 Å². The second kappa shape index (κ2) is 9.74. The first-order valence-corrected chi connectivity index (χ1v) is 8.14. The molecule has 0 spiro atoms. The van der Waals surface area contributed by atoms with E-state index in [1.165, 1.54) is 12.8 Å². The van der Waals surface area contributed by atoms with E-state index in [4.69, 9.17) is 9.47 Å². The summed E-state index contributed by atoms with van der Waals surface area (Å²) in [5.41, 5.74) is -0.810. The van der Waals surface area contributed by atoms with Crippen LogP contribution in [0.1, 0.15) is 46.0 Å². The first-order chi connectivity index (χ1) is 9.93. The third kappa shape index (κ3) is 8.73. The van der Waals surface area contributed by atoms with Gasteiger partial charge in [0.15, 0.2) is 0 Å². The maximum absolute atomic E-state index is 10.1. The Morgan fingerprint density at radius 1 is 1.38 bits per heavy atom. The van der Waals surface area contributed by atoms with Crippen molar-refractivity contribution in [2.24, 2.45) is 5.92 Å². The van der Waals surface area contributed by atoms with Crippen LogP contribution in [0.3, 0.4) is 0 Å². The molecule has 0 amide bonds. The van der Waals surface area contributed by atoms with Crippen LogP contribution in [-0.2, 0) is 9.47 Å². The SMILES string of the molecule is COCCC(C)(O)CNCC(O)COC1CCCC(C)C1. The van der Waals surface area contributed by atoms with Gasteiger partial charge in [0.2, 0.25) is 0 Å². The second-order valence-corrected chi connectivity index (χ2v) is 6.75. The highest BCUT2D eigenvalue weighted by atomic mass is 16.5. The molecule has 0 saturated heterocycles. The average Bonchev–Trinajstić information content (AvgIpc) is 2.43. The lowest BCUT2D eigenvalue weighted by Gasteiger charge is -2.28. The molecule has 0 heterocycles. The third-order valence-corrected chi connectivity index (χ3v) is 4.14. The molecule has 4 atom stereocenters. The molecule has 5 nitrogen and oxygen atoms in total. The molecule has 3 N–H and O–H groups in total. The van der Waals surface area contributed by atoms with Crippen molar-refractivity contribution in [1.29, 1.82) is 0 Å². The van der Waals surface area contributed by atoms with E-state index in [0.717, 1.165) is 18.8 Å².